The molecule has 0 aliphatic rings. The Bertz CT molecular complexity index is 1530. The number of pyridine rings is 1. The van der Waals surface area contributed by atoms with Crippen molar-refractivity contribution in [1.29, 1.82) is 0 Å². The molecule has 35 heavy (non-hydrogen) atoms. The van der Waals surface area contributed by atoms with E-state index < -0.39 is 0 Å². The van der Waals surface area contributed by atoms with Gasteiger partial charge < -0.3 is 14.5 Å². The SMILES string of the molecule is CCc1ncc(CN(C)C(=O)c2cc(-c3cc(-c4ncc[nH]4)n(C)n3)nc3ccc(C)cc23)n1C. The highest BCUT2D eigenvalue weighted by Crippen LogP contribution is 2.28. The number of nitrogens with one attached hydrogen (secondary N) is 1. The smallest absolute Gasteiger partial charge is 0.254 e. The van der Waals surface area contributed by atoms with Crippen molar-refractivity contribution < 1.29 is 4.79 Å². The highest BCUT2D eigenvalue weighted by atomic mass is 16.2. The maximum Gasteiger partial charge on any atom is 0.254 e. The monoisotopic (exact) mass is 468 g/mol. The molecule has 178 valence electrons. The van der Waals surface area contributed by atoms with Crippen molar-refractivity contribution in [3.8, 4) is 22.9 Å². The zero-order chi connectivity index (χ0) is 24.7. The van der Waals surface area contributed by atoms with Crippen LogP contribution in [0.1, 0.15) is 34.4 Å². The first-order chi connectivity index (χ1) is 16.9. The molecule has 0 aliphatic heterocycles. The molecule has 0 saturated heterocycles. The molecule has 9 nitrogen and oxygen atoms in total. The number of amides is 1. The number of aromatic nitrogens is 7. The summed E-state index contributed by atoms with van der Waals surface area (Å²) in [6.45, 7) is 4.55. The molecular weight excluding hydrogens is 440 g/mol. The van der Waals surface area contributed by atoms with E-state index in [2.05, 4.69) is 27.0 Å². The highest BCUT2D eigenvalue weighted by Gasteiger charge is 2.21. The van der Waals surface area contributed by atoms with E-state index in [0.717, 1.165) is 45.9 Å². The number of fused-ring (bicyclic) bond motifs is 1. The van der Waals surface area contributed by atoms with Gasteiger partial charge in [-0.2, -0.15) is 5.10 Å². The summed E-state index contributed by atoms with van der Waals surface area (Å²) >= 11 is 0. The van der Waals surface area contributed by atoms with Crippen LogP contribution >= 0.6 is 0 Å². The highest BCUT2D eigenvalue weighted by molar-refractivity contribution is 6.07. The summed E-state index contributed by atoms with van der Waals surface area (Å²) < 4.78 is 3.81. The van der Waals surface area contributed by atoms with Gasteiger partial charge in [0.25, 0.3) is 5.91 Å². The number of carbonyl (C=O) groups excluding carboxylic acids is 1. The maximum atomic E-state index is 13.7. The van der Waals surface area contributed by atoms with E-state index >= 15 is 0 Å². The van der Waals surface area contributed by atoms with Crippen molar-refractivity contribution in [2.75, 3.05) is 7.05 Å². The number of H-pyrrole nitrogens is 1. The van der Waals surface area contributed by atoms with Crippen LogP contribution in [-0.2, 0) is 27.1 Å². The molecule has 4 heterocycles. The fraction of sp³-hybridized carbons (Fsp3) is 0.269. The summed E-state index contributed by atoms with van der Waals surface area (Å²) in [5.74, 6) is 1.64. The van der Waals surface area contributed by atoms with Crippen molar-refractivity contribution in [2.24, 2.45) is 14.1 Å². The molecule has 0 aliphatic carbocycles. The first-order valence-corrected chi connectivity index (χ1v) is 11.6. The summed E-state index contributed by atoms with van der Waals surface area (Å²) in [5.41, 5.74) is 5.56. The molecule has 9 heteroatoms. The van der Waals surface area contributed by atoms with Gasteiger partial charge >= 0.3 is 0 Å². The van der Waals surface area contributed by atoms with E-state index in [9.17, 15) is 4.79 Å². The van der Waals surface area contributed by atoms with Crippen LogP contribution in [0.3, 0.4) is 0 Å². The van der Waals surface area contributed by atoms with Gasteiger partial charge in [-0.1, -0.05) is 18.6 Å². The van der Waals surface area contributed by atoms with E-state index in [1.807, 2.05) is 69.2 Å². The molecule has 1 aromatic carbocycles. The first-order valence-electron chi connectivity index (χ1n) is 11.6. The number of aromatic amines is 1. The van der Waals surface area contributed by atoms with Gasteiger partial charge in [0.2, 0.25) is 0 Å². The van der Waals surface area contributed by atoms with Gasteiger partial charge in [0, 0.05) is 45.3 Å². The second kappa shape index (κ2) is 8.83. The van der Waals surface area contributed by atoms with Crippen LogP contribution in [-0.4, -0.2) is 52.1 Å². The van der Waals surface area contributed by atoms with Crippen LogP contribution in [0.15, 0.2) is 48.9 Å². The average molecular weight is 469 g/mol. The normalized spacial score (nSPS) is 11.3. The van der Waals surface area contributed by atoms with E-state index in [-0.39, 0.29) is 5.91 Å². The zero-order valence-electron chi connectivity index (χ0n) is 20.6. The number of hydrogen-bond acceptors (Lipinski definition) is 5. The quantitative estimate of drug-likeness (QED) is 0.408. The van der Waals surface area contributed by atoms with Crippen molar-refractivity contribution in [3.63, 3.8) is 0 Å². The van der Waals surface area contributed by atoms with Crippen LogP contribution in [0.25, 0.3) is 33.8 Å². The third kappa shape index (κ3) is 4.09. The second-order valence-electron chi connectivity index (χ2n) is 8.79. The number of rotatable bonds is 6. The Labute approximate surface area is 203 Å². The number of carbonyl (C=O) groups is 1. The summed E-state index contributed by atoms with van der Waals surface area (Å²) in [7, 11) is 5.67. The largest absolute Gasteiger partial charge is 0.343 e. The minimum atomic E-state index is -0.0781. The Morgan fingerprint density at radius 1 is 1.11 bits per heavy atom. The number of imidazole rings is 2. The molecule has 0 radical (unpaired) electrons. The molecule has 5 aromatic rings. The van der Waals surface area contributed by atoms with E-state index in [0.29, 0.717) is 23.5 Å². The van der Waals surface area contributed by atoms with Crippen molar-refractivity contribution in [1.82, 2.24) is 39.2 Å². The fourth-order valence-corrected chi connectivity index (χ4v) is 4.35. The van der Waals surface area contributed by atoms with Gasteiger partial charge in [-0.15, -0.1) is 0 Å². The maximum absolute atomic E-state index is 13.7. The fourth-order valence-electron chi connectivity index (χ4n) is 4.35. The Kier molecular flexibility index (Phi) is 5.68. The molecule has 0 unspecified atom stereocenters. The lowest BCUT2D eigenvalue weighted by molar-refractivity contribution is 0.0784. The van der Waals surface area contributed by atoms with E-state index in [4.69, 9.17) is 4.98 Å². The van der Waals surface area contributed by atoms with Gasteiger partial charge in [0.15, 0.2) is 5.82 Å². The minimum Gasteiger partial charge on any atom is -0.343 e. The van der Waals surface area contributed by atoms with Crippen LogP contribution in [0.2, 0.25) is 0 Å². The molecule has 0 bridgehead atoms. The Hall–Kier alpha value is -4.27. The second-order valence-corrected chi connectivity index (χ2v) is 8.79. The number of hydrogen-bond donors (Lipinski definition) is 1. The van der Waals surface area contributed by atoms with Crippen LogP contribution in [0.5, 0.6) is 0 Å². The predicted octanol–water partition coefficient (Wildman–Crippen LogP) is 3.90. The van der Waals surface area contributed by atoms with Crippen LogP contribution < -0.4 is 0 Å². The molecule has 0 atom stereocenters. The molecule has 1 N–H and O–H groups in total. The lowest BCUT2D eigenvalue weighted by atomic mass is 10.0. The van der Waals surface area contributed by atoms with Crippen molar-refractivity contribution in [2.45, 2.75) is 26.8 Å². The Morgan fingerprint density at radius 3 is 2.66 bits per heavy atom. The lowest BCUT2D eigenvalue weighted by Crippen LogP contribution is -2.27. The van der Waals surface area contributed by atoms with E-state index in [1.54, 1.807) is 22.0 Å². The summed E-state index contributed by atoms with van der Waals surface area (Å²) in [6.07, 6.45) is 6.16. The first kappa shape index (κ1) is 22.5. The Balaban J connectivity index is 1.57. The molecule has 5 rings (SSSR count). The third-order valence-corrected chi connectivity index (χ3v) is 6.32. The Morgan fingerprint density at radius 2 is 1.94 bits per heavy atom. The minimum absolute atomic E-state index is 0.0781. The summed E-state index contributed by atoms with van der Waals surface area (Å²) in [4.78, 5) is 32.2. The zero-order valence-corrected chi connectivity index (χ0v) is 20.6. The summed E-state index contributed by atoms with van der Waals surface area (Å²) in [5, 5.41) is 5.48. The standard InChI is InChI=1S/C26H28N8O/c1-6-24-29-14-17(33(24)4)15-32(3)26(35)19-12-21(30-20-8-7-16(2)11-18(19)20)22-13-23(34(5)31-22)25-27-9-10-28-25/h7-14H,6,15H2,1-5H3,(H,27,28). The molecule has 0 saturated carbocycles. The third-order valence-electron chi connectivity index (χ3n) is 6.32. The molecule has 1 amide bonds. The summed E-state index contributed by atoms with van der Waals surface area (Å²) in [6, 6.07) is 9.75. The molecule has 0 fully saturated rings. The van der Waals surface area contributed by atoms with Crippen LogP contribution in [0.4, 0.5) is 0 Å². The van der Waals surface area contributed by atoms with Crippen LogP contribution in [0, 0.1) is 6.92 Å². The van der Waals surface area contributed by atoms with Gasteiger partial charge in [-0.05, 0) is 31.2 Å². The topological polar surface area (TPSA) is 97.5 Å². The lowest BCUT2D eigenvalue weighted by Gasteiger charge is -2.19. The average Bonchev–Trinajstić information content (AvgIpc) is 3.59. The van der Waals surface area contributed by atoms with Gasteiger partial charge in [-0.25, -0.2) is 15.0 Å². The number of benzene rings is 1. The number of aryl methyl sites for hydroxylation is 3. The van der Waals surface area contributed by atoms with Crippen molar-refractivity contribution in [3.05, 3.63) is 71.6 Å². The predicted molar refractivity (Wildman–Crippen MR) is 135 cm³/mol. The molecular formula is C26H28N8O. The number of nitrogens with zero attached hydrogens (tertiary/aromatic N) is 7. The van der Waals surface area contributed by atoms with Gasteiger partial charge in [0.1, 0.15) is 17.2 Å². The van der Waals surface area contributed by atoms with Gasteiger partial charge in [-0.3, -0.25) is 9.48 Å². The van der Waals surface area contributed by atoms with Gasteiger partial charge in [0.05, 0.1) is 35.2 Å². The van der Waals surface area contributed by atoms with Crippen molar-refractivity contribution >= 4 is 16.8 Å². The molecule has 0 spiro atoms. The molecule has 4 aromatic heterocycles. The van der Waals surface area contributed by atoms with E-state index in [1.165, 1.54) is 0 Å².